The molecule has 0 aliphatic carbocycles. The predicted molar refractivity (Wildman–Crippen MR) is 89.4 cm³/mol. The fourth-order valence-corrected chi connectivity index (χ4v) is 4.20. The van der Waals surface area contributed by atoms with E-state index in [2.05, 4.69) is 0 Å². The van der Waals surface area contributed by atoms with Crippen LogP contribution in [0.25, 0.3) is 10.8 Å². The molecule has 0 radical (unpaired) electrons. The molecule has 1 aromatic carbocycles. The first kappa shape index (κ1) is 17.8. The van der Waals surface area contributed by atoms with Crippen LogP contribution >= 0.6 is 7.82 Å². The van der Waals surface area contributed by atoms with Gasteiger partial charge in [0.05, 0.1) is 13.2 Å². The van der Waals surface area contributed by atoms with E-state index in [4.69, 9.17) is 23.8 Å². The highest BCUT2D eigenvalue weighted by Gasteiger charge is 2.57. The molecule has 1 aromatic heterocycles. The zero-order valence-electron chi connectivity index (χ0n) is 13.6. The van der Waals surface area contributed by atoms with E-state index in [0.29, 0.717) is 5.39 Å². The topological polar surface area (TPSA) is 127 Å². The number of aliphatic hydroxyl groups excluding tert-OH is 1. The maximum Gasteiger partial charge on any atom is 0.469 e. The summed E-state index contributed by atoms with van der Waals surface area (Å²) >= 11 is 0. The molecule has 2 aromatic rings. The van der Waals surface area contributed by atoms with Gasteiger partial charge in [-0.05, 0) is 17.5 Å². The molecule has 0 unspecified atom stereocenters. The number of ether oxygens (including phenoxy) is 2. The Morgan fingerprint density at radius 2 is 2.08 bits per heavy atom. The van der Waals surface area contributed by atoms with Crippen LogP contribution in [-0.4, -0.2) is 50.5 Å². The fourth-order valence-electron chi connectivity index (χ4n) is 3.59. The molecule has 3 N–H and O–H groups in total. The number of phosphoric ester groups is 1. The molecule has 3 fully saturated rings. The Morgan fingerprint density at radius 1 is 1.31 bits per heavy atom. The van der Waals surface area contributed by atoms with Gasteiger partial charge in [0.15, 0.2) is 6.23 Å². The van der Waals surface area contributed by atoms with Crippen LogP contribution in [0.5, 0.6) is 0 Å². The highest BCUT2D eigenvalue weighted by Crippen LogP contribution is 2.49. The molecule has 2 bridgehead atoms. The van der Waals surface area contributed by atoms with E-state index >= 15 is 0 Å². The highest BCUT2D eigenvalue weighted by atomic mass is 31.2. The van der Waals surface area contributed by atoms with Gasteiger partial charge in [-0.1, -0.05) is 18.2 Å². The Labute approximate surface area is 148 Å². The molecule has 0 spiro atoms. The lowest BCUT2D eigenvalue weighted by molar-refractivity contribution is -0.333. The largest absolute Gasteiger partial charge is 0.469 e. The molecule has 9 nitrogen and oxygen atoms in total. The van der Waals surface area contributed by atoms with Gasteiger partial charge in [0, 0.05) is 18.0 Å². The number of hydrogen-bond donors (Lipinski definition) is 3. The second-order valence-electron chi connectivity index (χ2n) is 6.52. The monoisotopic (exact) mass is 383 g/mol. The number of benzene rings is 1. The second kappa shape index (κ2) is 6.24. The quantitative estimate of drug-likeness (QED) is 0.653. The fraction of sp³-hybridized carbons (Fsp3) is 0.438. The molecule has 0 saturated carbocycles. The van der Waals surface area contributed by atoms with Crippen molar-refractivity contribution in [1.82, 2.24) is 4.57 Å². The standard InChI is InChI=1S/C16H18NO8P/c18-8-16-9-23-12(7-13(16)25-26(20,21)22)15(24-16)17-6-5-10-3-1-2-4-11(10)14(17)19/h1-6,12-13,15,18H,7-9H2,(H2,20,21,22)/t12-,13+,15+,16-/m0/s1. The molecule has 3 aliphatic rings. The molecule has 4 heterocycles. The van der Waals surface area contributed by atoms with Crippen molar-refractivity contribution in [3.05, 3.63) is 46.9 Å². The Kier molecular flexibility index (Phi) is 4.28. The average molecular weight is 383 g/mol. The first-order chi connectivity index (χ1) is 12.3. The summed E-state index contributed by atoms with van der Waals surface area (Å²) in [5.74, 6) is 0. The molecule has 5 rings (SSSR count). The molecular weight excluding hydrogens is 365 g/mol. The van der Waals surface area contributed by atoms with Crippen LogP contribution in [0.1, 0.15) is 12.6 Å². The minimum atomic E-state index is -4.77. The molecule has 10 heteroatoms. The number of pyridine rings is 1. The van der Waals surface area contributed by atoms with Gasteiger partial charge in [-0.3, -0.25) is 13.9 Å². The van der Waals surface area contributed by atoms with Crippen molar-refractivity contribution in [1.29, 1.82) is 0 Å². The van der Waals surface area contributed by atoms with Crippen LogP contribution in [0.15, 0.2) is 41.3 Å². The summed E-state index contributed by atoms with van der Waals surface area (Å²) in [6.07, 6.45) is -0.846. The van der Waals surface area contributed by atoms with Gasteiger partial charge < -0.3 is 24.4 Å². The number of hydrogen-bond acceptors (Lipinski definition) is 6. The van der Waals surface area contributed by atoms with E-state index in [1.807, 2.05) is 12.1 Å². The van der Waals surface area contributed by atoms with Gasteiger partial charge in [-0.25, -0.2) is 4.57 Å². The normalized spacial score (nSPS) is 31.4. The molecule has 4 atom stereocenters. The zero-order valence-corrected chi connectivity index (χ0v) is 14.5. The predicted octanol–water partition coefficient (Wildman–Crippen LogP) is 0.528. The van der Waals surface area contributed by atoms with Crippen molar-refractivity contribution in [2.75, 3.05) is 13.2 Å². The van der Waals surface area contributed by atoms with Gasteiger partial charge in [-0.2, -0.15) is 0 Å². The van der Waals surface area contributed by atoms with E-state index < -0.39 is 38.5 Å². The first-order valence-corrected chi connectivity index (χ1v) is 9.60. The maximum absolute atomic E-state index is 12.8. The van der Waals surface area contributed by atoms with E-state index in [0.717, 1.165) is 5.39 Å². The van der Waals surface area contributed by atoms with Gasteiger partial charge in [-0.15, -0.1) is 0 Å². The lowest BCUT2D eigenvalue weighted by Crippen LogP contribution is -2.66. The molecule has 0 amide bonds. The van der Waals surface area contributed by atoms with Crippen LogP contribution in [0.2, 0.25) is 0 Å². The summed E-state index contributed by atoms with van der Waals surface area (Å²) in [4.78, 5) is 31.0. The molecule has 26 heavy (non-hydrogen) atoms. The van der Waals surface area contributed by atoms with Crippen LogP contribution in [-0.2, 0) is 18.6 Å². The van der Waals surface area contributed by atoms with Crippen molar-refractivity contribution in [3.8, 4) is 0 Å². The minimum Gasteiger partial charge on any atom is -0.393 e. The summed E-state index contributed by atoms with van der Waals surface area (Å²) in [6.45, 7) is -0.652. The summed E-state index contributed by atoms with van der Waals surface area (Å²) in [6, 6.07) is 8.90. The third-order valence-corrected chi connectivity index (χ3v) is 5.42. The third-order valence-electron chi connectivity index (χ3n) is 4.90. The molecular formula is C16H18NO8P. The van der Waals surface area contributed by atoms with Crippen molar-refractivity contribution in [3.63, 3.8) is 0 Å². The highest BCUT2D eigenvalue weighted by molar-refractivity contribution is 7.46. The second-order valence-corrected chi connectivity index (χ2v) is 7.71. The number of fused-ring (bicyclic) bond motifs is 4. The maximum atomic E-state index is 12.8. The SMILES string of the molecule is O=c1c2ccccc2ccn1[C@@H]1O[C@@]2(CO)CO[C@H]1C[C@H]2OP(=O)(O)O. The van der Waals surface area contributed by atoms with Crippen LogP contribution in [0.3, 0.4) is 0 Å². The number of phosphoric acid groups is 1. The van der Waals surface area contributed by atoms with Gasteiger partial charge in [0.1, 0.15) is 17.8 Å². The Hall–Kier alpha value is -1.58. The Bertz CT molecular complexity index is 939. The average Bonchev–Trinajstić information content (AvgIpc) is 2.62. The van der Waals surface area contributed by atoms with Crippen LogP contribution in [0.4, 0.5) is 0 Å². The first-order valence-electron chi connectivity index (χ1n) is 8.07. The van der Waals surface area contributed by atoms with Gasteiger partial charge in [0.2, 0.25) is 0 Å². The summed E-state index contributed by atoms with van der Waals surface area (Å²) in [7, 11) is -4.77. The summed E-state index contributed by atoms with van der Waals surface area (Å²) in [5.41, 5.74) is -1.73. The molecule has 3 saturated heterocycles. The number of nitrogens with zero attached hydrogens (tertiary/aromatic N) is 1. The molecule has 140 valence electrons. The number of aromatic nitrogens is 1. The van der Waals surface area contributed by atoms with E-state index in [1.165, 1.54) is 4.57 Å². The van der Waals surface area contributed by atoms with Gasteiger partial charge >= 0.3 is 7.82 Å². The third kappa shape index (κ3) is 2.91. The van der Waals surface area contributed by atoms with Crippen molar-refractivity contribution >= 4 is 18.6 Å². The summed E-state index contributed by atoms with van der Waals surface area (Å²) in [5, 5.41) is 11.1. The lowest BCUT2D eigenvalue weighted by atomic mass is 9.86. The van der Waals surface area contributed by atoms with E-state index in [-0.39, 0.29) is 18.6 Å². The molecule has 3 aliphatic heterocycles. The lowest BCUT2D eigenvalue weighted by Gasteiger charge is -2.53. The van der Waals surface area contributed by atoms with Crippen molar-refractivity contribution < 1.29 is 33.5 Å². The Morgan fingerprint density at radius 3 is 2.81 bits per heavy atom. The number of rotatable bonds is 4. The smallest absolute Gasteiger partial charge is 0.393 e. The zero-order chi connectivity index (χ0) is 18.5. The van der Waals surface area contributed by atoms with Crippen LogP contribution < -0.4 is 5.56 Å². The van der Waals surface area contributed by atoms with Gasteiger partial charge in [0.25, 0.3) is 5.56 Å². The van der Waals surface area contributed by atoms with Crippen molar-refractivity contribution in [2.45, 2.75) is 30.5 Å². The minimum absolute atomic E-state index is 0.0790. The summed E-state index contributed by atoms with van der Waals surface area (Å²) < 4.78 is 29.0. The van der Waals surface area contributed by atoms with E-state index in [9.17, 15) is 14.5 Å². The Balaban J connectivity index is 1.72. The van der Waals surface area contributed by atoms with E-state index in [1.54, 1.807) is 24.4 Å². The van der Waals surface area contributed by atoms with Crippen LogP contribution in [0, 0.1) is 0 Å². The number of aliphatic hydroxyl groups is 1. The van der Waals surface area contributed by atoms with Crippen molar-refractivity contribution in [2.24, 2.45) is 0 Å².